The number of hydrogen-bond acceptors (Lipinski definition) is 4. The van der Waals surface area contributed by atoms with Gasteiger partial charge in [-0.3, -0.25) is 10.1 Å². The molecule has 1 heterocycles. The minimum atomic E-state index is -0.199. The summed E-state index contributed by atoms with van der Waals surface area (Å²) in [6.45, 7) is 0.380. The summed E-state index contributed by atoms with van der Waals surface area (Å²) in [6.07, 6.45) is 1.65. The third kappa shape index (κ3) is 4.35. The minimum Gasteiger partial charge on any atom is -0.487 e. The van der Waals surface area contributed by atoms with Gasteiger partial charge in [0.15, 0.2) is 5.13 Å². The smallest absolute Gasteiger partial charge is 0.257 e. The average Bonchev–Trinajstić information content (AvgIpc) is 2.99. The largest absolute Gasteiger partial charge is 0.487 e. The summed E-state index contributed by atoms with van der Waals surface area (Å²) in [5.41, 5.74) is 1.51. The van der Waals surface area contributed by atoms with Crippen LogP contribution in [0.2, 0.25) is 5.02 Å². The standard InChI is InChI=1S/C17H12BrClN2O2S/c18-15-9-20-17(24-15)21-16(22)12-7-5-11(6-8-12)10-23-14-4-2-1-3-13(14)19/h1-9H,10H2,(H,20,21,22). The van der Waals surface area contributed by atoms with E-state index < -0.39 is 0 Å². The van der Waals surface area contributed by atoms with Crippen LogP contribution in [0, 0.1) is 0 Å². The van der Waals surface area contributed by atoms with Crippen LogP contribution >= 0.6 is 38.9 Å². The zero-order valence-corrected chi connectivity index (χ0v) is 15.5. The summed E-state index contributed by atoms with van der Waals surface area (Å²) in [7, 11) is 0. The lowest BCUT2D eigenvalue weighted by molar-refractivity contribution is 0.102. The molecule has 24 heavy (non-hydrogen) atoms. The van der Waals surface area contributed by atoms with Crippen LogP contribution in [-0.2, 0) is 6.61 Å². The molecule has 0 fully saturated rings. The van der Waals surface area contributed by atoms with E-state index in [2.05, 4.69) is 26.2 Å². The molecule has 0 bridgehead atoms. The van der Waals surface area contributed by atoms with Crippen LogP contribution in [0.3, 0.4) is 0 Å². The first-order chi connectivity index (χ1) is 11.6. The number of aromatic nitrogens is 1. The Labute approximate surface area is 156 Å². The van der Waals surface area contributed by atoms with Crippen molar-refractivity contribution in [3.63, 3.8) is 0 Å². The summed E-state index contributed by atoms with van der Waals surface area (Å²) in [5, 5.41) is 3.88. The molecule has 4 nitrogen and oxygen atoms in total. The van der Waals surface area contributed by atoms with E-state index in [0.29, 0.717) is 28.1 Å². The Kier molecular flexibility index (Phi) is 5.50. The lowest BCUT2D eigenvalue weighted by Crippen LogP contribution is -2.11. The van der Waals surface area contributed by atoms with Crippen LogP contribution in [-0.4, -0.2) is 10.9 Å². The third-order valence-corrected chi connectivity index (χ3v) is 4.85. The number of para-hydroxylation sites is 1. The molecule has 1 aromatic heterocycles. The molecule has 122 valence electrons. The number of carbonyl (C=O) groups excluding carboxylic acids is 1. The van der Waals surface area contributed by atoms with Crippen molar-refractivity contribution in [3.8, 4) is 5.75 Å². The maximum Gasteiger partial charge on any atom is 0.257 e. The van der Waals surface area contributed by atoms with Gasteiger partial charge in [0.05, 0.1) is 15.0 Å². The van der Waals surface area contributed by atoms with Gasteiger partial charge in [-0.15, -0.1) is 0 Å². The van der Waals surface area contributed by atoms with Gasteiger partial charge in [-0.05, 0) is 45.8 Å². The monoisotopic (exact) mass is 422 g/mol. The third-order valence-electron chi connectivity index (χ3n) is 3.15. The maximum atomic E-state index is 12.2. The first-order valence-corrected chi connectivity index (χ1v) is 8.99. The van der Waals surface area contributed by atoms with E-state index in [0.717, 1.165) is 9.35 Å². The Morgan fingerprint density at radius 2 is 1.96 bits per heavy atom. The van der Waals surface area contributed by atoms with Gasteiger partial charge in [0.2, 0.25) is 0 Å². The predicted molar refractivity (Wildman–Crippen MR) is 100.0 cm³/mol. The fourth-order valence-electron chi connectivity index (χ4n) is 1.96. The maximum absolute atomic E-state index is 12.2. The van der Waals surface area contributed by atoms with Crippen molar-refractivity contribution in [2.45, 2.75) is 6.61 Å². The fourth-order valence-corrected chi connectivity index (χ4v) is 3.25. The normalized spacial score (nSPS) is 10.4. The Balaban J connectivity index is 1.60. The highest BCUT2D eigenvalue weighted by molar-refractivity contribution is 9.11. The first-order valence-electron chi connectivity index (χ1n) is 7.01. The number of rotatable bonds is 5. The van der Waals surface area contributed by atoms with E-state index in [9.17, 15) is 4.79 Å². The highest BCUT2D eigenvalue weighted by atomic mass is 79.9. The first kappa shape index (κ1) is 17.0. The van der Waals surface area contributed by atoms with Crippen molar-refractivity contribution >= 4 is 49.9 Å². The SMILES string of the molecule is O=C(Nc1ncc(Br)s1)c1ccc(COc2ccccc2Cl)cc1. The number of amides is 1. The van der Waals surface area contributed by atoms with Gasteiger partial charge in [-0.25, -0.2) is 4.98 Å². The van der Waals surface area contributed by atoms with E-state index in [1.165, 1.54) is 11.3 Å². The highest BCUT2D eigenvalue weighted by Gasteiger charge is 2.09. The number of nitrogens with one attached hydrogen (secondary N) is 1. The van der Waals surface area contributed by atoms with Crippen molar-refractivity contribution in [1.29, 1.82) is 0 Å². The molecule has 0 radical (unpaired) electrons. The zero-order valence-electron chi connectivity index (χ0n) is 12.3. The van der Waals surface area contributed by atoms with E-state index >= 15 is 0 Å². The molecule has 0 unspecified atom stereocenters. The van der Waals surface area contributed by atoms with Crippen LogP contribution in [0.1, 0.15) is 15.9 Å². The highest BCUT2D eigenvalue weighted by Crippen LogP contribution is 2.25. The molecule has 0 saturated heterocycles. The van der Waals surface area contributed by atoms with Gasteiger partial charge >= 0.3 is 0 Å². The van der Waals surface area contributed by atoms with Crippen LogP contribution in [0.5, 0.6) is 5.75 Å². The summed E-state index contributed by atoms with van der Waals surface area (Å²) >= 11 is 10.7. The molecular weight excluding hydrogens is 412 g/mol. The van der Waals surface area contributed by atoms with E-state index in [1.54, 1.807) is 24.4 Å². The summed E-state index contributed by atoms with van der Waals surface area (Å²) < 4.78 is 6.54. The average molecular weight is 424 g/mol. The lowest BCUT2D eigenvalue weighted by Gasteiger charge is -2.08. The summed E-state index contributed by atoms with van der Waals surface area (Å²) in [4.78, 5) is 16.2. The minimum absolute atomic E-state index is 0.199. The molecule has 3 aromatic rings. The Morgan fingerprint density at radius 1 is 1.21 bits per heavy atom. The van der Waals surface area contributed by atoms with Crippen molar-refractivity contribution < 1.29 is 9.53 Å². The number of halogens is 2. The fraction of sp³-hybridized carbons (Fsp3) is 0.0588. The Hall–Kier alpha value is -1.89. The molecular formula is C17H12BrClN2O2S. The van der Waals surface area contributed by atoms with Crippen LogP contribution in [0.25, 0.3) is 0 Å². The second kappa shape index (κ2) is 7.79. The quantitative estimate of drug-likeness (QED) is 0.598. The molecule has 0 saturated carbocycles. The number of benzene rings is 2. The number of anilines is 1. The Morgan fingerprint density at radius 3 is 2.62 bits per heavy atom. The van der Waals surface area contributed by atoms with Crippen LogP contribution < -0.4 is 10.1 Å². The molecule has 1 amide bonds. The van der Waals surface area contributed by atoms with Crippen molar-refractivity contribution in [2.75, 3.05) is 5.32 Å². The molecule has 0 spiro atoms. The molecule has 3 rings (SSSR count). The second-order valence-electron chi connectivity index (χ2n) is 4.84. The second-order valence-corrected chi connectivity index (χ2v) is 7.66. The van der Waals surface area contributed by atoms with Crippen molar-refractivity contribution in [2.24, 2.45) is 0 Å². The van der Waals surface area contributed by atoms with Gasteiger partial charge in [0.25, 0.3) is 5.91 Å². The number of ether oxygens (including phenoxy) is 1. The number of carbonyl (C=O) groups is 1. The van der Waals surface area contributed by atoms with Gasteiger partial charge in [0, 0.05) is 5.56 Å². The topological polar surface area (TPSA) is 51.2 Å². The van der Waals surface area contributed by atoms with Crippen LogP contribution in [0.4, 0.5) is 5.13 Å². The Bertz CT molecular complexity index is 852. The number of nitrogens with zero attached hydrogens (tertiary/aromatic N) is 1. The molecule has 0 aliphatic rings. The summed E-state index contributed by atoms with van der Waals surface area (Å²) in [5.74, 6) is 0.436. The van der Waals surface area contributed by atoms with Gasteiger partial charge in [-0.1, -0.05) is 47.2 Å². The van der Waals surface area contributed by atoms with Crippen molar-refractivity contribution in [3.05, 3.63) is 74.7 Å². The van der Waals surface area contributed by atoms with Gasteiger partial charge in [0.1, 0.15) is 12.4 Å². The van der Waals surface area contributed by atoms with Gasteiger partial charge in [-0.2, -0.15) is 0 Å². The van der Waals surface area contributed by atoms with E-state index in [-0.39, 0.29) is 5.91 Å². The molecule has 2 aromatic carbocycles. The van der Waals surface area contributed by atoms with E-state index in [4.69, 9.17) is 16.3 Å². The zero-order chi connectivity index (χ0) is 16.9. The van der Waals surface area contributed by atoms with Crippen LogP contribution in [0.15, 0.2) is 58.5 Å². The van der Waals surface area contributed by atoms with E-state index in [1.807, 2.05) is 30.3 Å². The lowest BCUT2D eigenvalue weighted by atomic mass is 10.1. The number of hydrogen-bond donors (Lipinski definition) is 1. The number of thiazole rings is 1. The molecule has 1 N–H and O–H groups in total. The molecule has 0 aliphatic heterocycles. The summed E-state index contributed by atoms with van der Waals surface area (Å²) in [6, 6.07) is 14.5. The molecule has 0 atom stereocenters. The van der Waals surface area contributed by atoms with Gasteiger partial charge < -0.3 is 4.74 Å². The molecule has 7 heteroatoms. The molecule has 0 aliphatic carbocycles. The van der Waals surface area contributed by atoms with Crippen molar-refractivity contribution in [1.82, 2.24) is 4.98 Å². The predicted octanol–water partition coefficient (Wildman–Crippen LogP) is 5.39.